The quantitative estimate of drug-likeness (QED) is 0.735. The number of benzene rings is 1. The van der Waals surface area contributed by atoms with E-state index < -0.39 is 0 Å². The number of thioether (sulfide) groups is 1. The van der Waals surface area contributed by atoms with E-state index in [-0.39, 0.29) is 0 Å². The van der Waals surface area contributed by atoms with Gasteiger partial charge in [-0.05, 0) is 52.4 Å². The first-order valence-electron chi connectivity index (χ1n) is 6.23. The Bertz CT molecular complexity index is 599. The zero-order chi connectivity index (χ0) is 13.9. The van der Waals surface area contributed by atoms with Crippen LogP contribution < -0.4 is 5.32 Å². The van der Waals surface area contributed by atoms with Gasteiger partial charge in [-0.25, -0.2) is 0 Å². The maximum atomic E-state index is 5.57. The normalized spacial score (nSPS) is 18.2. The summed E-state index contributed by atoms with van der Waals surface area (Å²) in [5.74, 6) is 1.11. The van der Waals surface area contributed by atoms with Crippen molar-refractivity contribution in [2.24, 2.45) is 0 Å². The highest BCUT2D eigenvalue weighted by atomic mass is 79.9. The fourth-order valence-corrected chi connectivity index (χ4v) is 5.40. The van der Waals surface area contributed by atoms with E-state index in [0.717, 1.165) is 23.1 Å². The lowest BCUT2D eigenvalue weighted by Gasteiger charge is -2.26. The third-order valence-electron chi connectivity index (χ3n) is 3.01. The van der Waals surface area contributed by atoms with E-state index in [1.165, 1.54) is 8.66 Å². The molecule has 104 valence electrons. The number of anilines is 1. The third-order valence-corrected chi connectivity index (χ3v) is 6.42. The van der Waals surface area contributed by atoms with Crippen LogP contribution in [0.5, 0.6) is 0 Å². The Morgan fingerprint density at radius 2 is 2.05 bits per heavy atom. The van der Waals surface area contributed by atoms with Crippen LogP contribution >= 0.6 is 51.2 Å². The molecule has 3 rings (SSSR count). The van der Waals surface area contributed by atoms with Crippen molar-refractivity contribution < 1.29 is 0 Å². The Balaban J connectivity index is 1.73. The van der Waals surface area contributed by atoms with Crippen LogP contribution in [0.25, 0.3) is 0 Å². The lowest BCUT2D eigenvalue weighted by atomic mass is 10.3. The van der Waals surface area contributed by atoms with E-state index >= 15 is 0 Å². The second-order valence-corrected chi connectivity index (χ2v) is 8.42. The molecule has 0 aliphatic carbocycles. The minimum atomic E-state index is 0.329. The first kappa shape index (κ1) is 14.4. The van der Waals surface area contributed by atoms with Gasteiger partial charge in [-0.15, -0.1) is 23.1 Å². The molecule has 2 heterocycles. The van der Waals surface area contributed by atoms with E-state index in [9.17, 15) is 0 Å². The SMILES string of the molecule is S=C(Nc1ccccc1)N1CCSC1c1ccc(Br)s1. The van der Waals surface area contributed by atoms with E-state index in [0.29, 0.717) is 5.37 Å². The average Bonchev–Trinajstić information content (AvgIpc) is 3.08. The van der Waals surface area contributed by atoms with Crippen LogP contribution in [0.2, 0.25) is 0 Å². The standard InChI is InChI=1S/C14H13BrN2S3/c15-12-7-6-11(20-12)13-17(8-9-19-13)14(18)16-10-4-2-1-3-5-10/h1-7,13H,8-9H2,(H,16,18). The Labute approximate surface area is 140 Å². The van der Waals surface area contributed by atoms with Gasteiger partial charge in [0.05, 0.1) is 3.79 Å². The zero-order valence-corrected chi connectivity index (χ0v) is 14.6. The van der Waals surface area contributed by atoms with Gasteiger partial charge in [0.25, 0.3) is 0 Å². The van der Waals surface area contributed by atoms with Crippen molar-refractivity contribution in [2.45, 2.75) is 5.37 Å². The Morgan fingerprint density at radius 1 is 1.25 bits per heavy atom. The predicted octanol–water partition coefficient (Wildman–Crippen LogP) is 4.96. The number of rotatable bonds is 2. The van der Waals surface area contributed by atoms with E-state index in [4.69, 9.17) is 12.2 Å². The molecule has 1 fully saturated rings. The maximum Gasteiger partial charge on any atom is 0.174 e. The molecule has 2 nitrogen and oxygen atoms in total. The summed E-state index contributed by atoms with van der Waals surface area (Å²) in [5, 5.41) is 4.46. The molecule has 1 N–H and O–H groups in total. The Kier molecular flexibility index (Phi) is 4.65. The minimum Gasteiger partial charge on any atom is -0.333 e. The molecule has 0 radical (unpaired) electrons. The van der Waals surface area contributed by atoms with Gasteiger partial charge in [0.2, 0.25) is 0 Å². The van der Waals surface area contributed by atoms with Crippen LogP contribution in [-0.4, -0.2) is 22.3 Å². The van der Waals surface area contributed by atoms with Crippen molar-refractivity contribution in [1.29, 1.82) is 0 Å². The summed E-state index contributed by atoms with van der Waals surface area (Å²) in [7, 11) is 0. The summed E-state index contributed by atoms with van der Waals surface area (Å²) in [6.45, 7) is 0.990. The van der Waals surface area contributed by atoms with Crippen LogP contribution in [-0.2, 0) is 0 Å². The fraction of sp³-hybridized carbons (Fsp3) is 0.214. The van der Waals surface area contributed by atoms with E-state index in [1.54, 1.807) is 11.3 Å². The smallest absolute Gasteiger partial charge is 0.174 e. The molecule has 1 aliphatic rings. The molecule has 0 spiro atoms. The Morgan fingerprint density at radius 3 is 2.75 bits per heavy atom. The van der Waals surface area contributed by atoms with Gasteiger partial charge in [-0.1, -0.05) is 18.2 Å². The minimum absolute atomic E-state index is 0.329. The van der Waals surface area contributed by atoms with Crippen molar-refractivity contribution in [3.8, 4) is 0 Å². The summed E-state index contributed by atoms with van der Waals surface area (Å²) < 4.78 is 1.17. The van der Waals surface area contributed by atoms with E-state index in [1.807, 2.05) is 42.1 Å². The van der Waals surface area contributed by atoms with Crippen molar-refractivity contribution >= 4 is 62.0 Å². The number of hydrogen-bond acceptors (Lipinski definition) is 3. The van der Waals surface area contributed by atoms with Crippen molar-refractivity contribution in [3.63, 3.8) is 0 Å². The molecule has 0 bridgehead atoms. The number of halogens is 1. The molecule has 1 unspecified atom stereocenters. The van der Waals surface area contributed by atoms with Crippen LogP contribution in [0.1, 0.15) is 10.3 Å². The highest BCUT2D eigenvalue weighted by molar-refractivity contribution is 9.11. The molecule has 6 heteroatoms. The van der Waals surface area contributed by atoms with Gasteiger partial charge in [0.15, 0.2) is 5.11 Å². The highest BCUT2D eigenvalue weighted by Gasteiger charge is 2.29. The topological polar surface area (TPSA) is 15.3 Å². The maximum absolute atomic E-state index is 5.57. The number of thiophene rings is 1. The summed E-state index contributed by atoms with van der Waals surface area (Å²) >= 11 is 12.8. The van der Waals surface area contributed by atoms with Gasteiger partial charge in [0, 0.05) is 22.9 Å². The van der Waals surface area contributed by atoms with Crippen LogP contribution in [0.15, 0.2) is 46.3 Å². The lowest BCUT2D eigenvalue weighted by molar-refractivity contribution is 0.462. The number of para-hydroxylation sites is 1. The monoisotopic (exact) mass is 384 g/mol. The molecule has 0 amide bonds. The molecule has 1 aromatic heterocycles. The van der Waals surface area contributed by atoms with Gasteiger partial charge in [0.1, 0.15) is 5.37 Å². The molecule has 1 aromatic carbocycles. The first-order chi connectivity index (χ1) is 9.74. The lowest BCUT2D eigenvalue weighted by Crippen LogP contribution is -2.33. The molecule has 20 heavy (non-hydrogen) atoms. The number of nitrogens with zero attached hydrogens (tertiary/aromatic N) is 1. The molecule has 2 aromatic rings. The second kappa shape index (κ2) is 6.47. The summed E-state index contributed by atoms with van der Waals surface area (Å²) in [5.41, 5.74) is 1.04. The van der Waals surface area contributed by atoms with Crippen LogP contribution in [0, 0.1) is 0 Å². The third kappa shape index (κ3) is 3.19. The number of thiocarbonyl (C=S) groups is 1. The number of nitrogens with one attached hydrogen (secondary N) is 1. The first-order valence-corrected chi connectivity index (χ1v) is 9.30. The molecular formula is C14H13BrN2S3. The van der Waals surface area contributed by atoms with Crippen molar-refractivity contribution in [1.82, 2.24) is 4.90 Å². The molecule has 1 aliphatic heterocycles. The van der Waals surface area contributed by atoms with Crippen molar-refractivity contribution in [3.05, 3.63) is 51.1 Å². The van der Waals surface area contributed by atoms with Crippen LogP contribution in [0.3, 0.4) is 0 Å². The average molecular weight is 385 g/mol. The molecule has 1 atom stereocenters. The summed E-state index contributed by atoms with van der Waals surface area (Å²) in [6, 6.07) is 14.4. The van der Waals surface area contributed by atoms with E-state index in [2.05, 4.69) is 38.3 Å². The molecular weight excluding hydrogens is 372 g/mol. The second-order valence-electron chi connectivity index (χ2n) is 4.35. The zero-order valence-electron chi connectivity index (χ0n) is 10.6. The molecule has 1 saturated heterocycles. The van der Waals surface area contributed by atoms with Gasteiger partial charge >= 0.3 is 0 Å². The summed E-state index contributed by atoms with van der Waals surface area (Å²) in [6.07, 6.45) is 0. The van der Waals surface area contributed by atoms with Crippen molar-refractivity contribution in [2.75, 3.05) is 17.6 Å². The van der Waals surface area contributed by atoms with Gasteiger partial charge in [-0.3, -0.25) is 0 Å². The fourth-order valence-electron chi connectivity index (χ4n) is 2.09. The highest BCUT2D eigenvalue weighted by Crippen LogP contribution is 2.42. The Hall–Kier alpha value is -0.560. The van der Waals surface area contributed by atoms with Gasteiger partial charge in [-0.2, -0.15) is 0 Å². The van der Waals surface area contributed by atoms with Gasteiger partial charge < -0.3 is 10.2 Å². The predicted molar refractivity (Wildman–Crippen MR) is 96.6 cm³/mol. The van der Waals surface area contributed by atoms with Crippen LogP contribution in [0.4, 0.5) is 5.69 Å². The summed E-state index contributed by atoms with van der Waals surface area (Å²) in [4.78, 5) is 3.61. The number of hydrogen-bond donors (Lipinski definition) is 1. The molecule has 0 saturated carbocycles. The largest absolute Gasteiger partial charge is 0.333 e.